The second-order valence-corrected chi connectivity index (χ2v) is 6.41. The molecule has 1 amide bonds. The number of anilines is 1. The molecule has 1 fully saturated rings. The van der Waals surface area contributed by atoms with E-state index < -0.39 is 0 Å². The quantitative estimate of drug-likeness (QED) is 0.886. The molecule has 2 heterocycles. The lowest BCUT2D eigenvalue weighted by Gasteiger charge is -2.22. The minimum Gasteiger partial charge on any atom is -0.486 e. The highest BCUT2D eigenvalue weighted by molar-refractivity contribution is 6.32. The van der Waals surface area contributed by atoms with Crippen LogP contribution in [0.1, 0.15) is 36.6 Å². The number of benzene rings is 1. The van der Waals surface area contributed by atoms with Gasteiger partial charge in [0.1, 0.15) is 19.0 Å². The van der Waals surface area contributed by atoms with Gasteiger partial charge in [-0.25, -0.2) is 0 Å². The van der Waals surface area contributed by atoms with Crippen LogP contribution >= 0.6 is 11.6 Å². The Balaban J connectivity index is 1.42. The van der Waals surface area contributed by atoms with Gasteiger partial charge in [0.2, 0.25) is 11.9 Å². The molecule has 126 valence electrons. The number of carbonyl (C=O) groups is 1. The van der Waals surface area contributed by atoms with Crippen molar-refractivity contribution >= 4 is 23.5 Å². The molecule has 1 aliphatic carbocycles. The van der Waals surface area contributed by atoms with Gasteiger partial charge in [-0.3, -0.25) is 15.2 Å². The topological polar surface area (TPSA) is 89.1 Å². The Bertz CT molecular complexity index is 773. The molecule has 0 radical (unpaired) electrons. The van der Waals surface area contributed by atoms with E-state index >= 15 is 0 Å². The zero-order valence-corrected chi connectivity index (χ0v) is 13.7. The van der Waals surface area contributed by atoms with Crippen LogP contribution in [0.25, 0.3) is 0 Å². The van der Waals surface area contributed by atoms with Gasteiger partial charge in [0.25, 0.3) is 0 Å². The van der Waals surface area contributed by atoms with Crippen molar-refractivity contribution in [3.05, 3.63) is 28.5 Å². The average Bonchev–Trinajstić information content (AvgIpc) is 2.93. The van der Waals surface area contributed by atoms with Gasteiger partial charge >= 0.3 is 0 Å². The third-order valence-corrected chi connectivity index (χ3v) is 4.55. The first-order valence-electron chi connectivity index (χ1n) is 7.99. The highest BCUT2D eigenvalue weighted by atomic mass is 35.5. The third-order valence-electron chi connectivity index (χ3n) is 4.27. The second-order valence-electron chi connectivity index (χ2n) is 6.00. The first-order valence-corrected chi connectivity index (χ1v) is 8.37. The summed E-state index contributed by atoms with van der Waals surface area (Å²) in [4.78, 5) is 16.5. The molecule has 1 saturated carbocycles. The van der Waals surface area contributed by atoms with Gasteiger partial charge in [0.05, 0.1) is 11.4 Å². The number of nitrogens with zero attached hydrogens (tertiary/aromatic N) is 2. The first-order chi connectivity index (χ1) is 11.7. The van der Waals surface area contributed by atoms with Crippen LogP contribution in [0.15, 0.2) is 12.1 Å². The highest BCUT2D eigenvalue weighted by Gasteiger charge is 2.23. The van der Waals surface area contributed by atoms with Crippen molar-refractivity contribution in [2.24, 2.45) is 0 Å². The smallest absolute Gasteiger partial charge is 0.248 e. The lowest BCUT2D eigenvalue weighted by Crippen LogP contribution is -2.18. The van der Waals surface area contributed by atoms with Gasteiger partial charge in [0.15, 0.2) is 11.5 Å². The van der Waals surface area contributed by atoms with Gasteiger partial charge in [-0.1, -0.05) is 18.0 Å². The van der Waals surface area contributed by atoms with Gasteiger partial charge in [-0.15, -0.1) is 5.10 Å². The van der Waals surface area contributed by atoms with Crippen LogP contribution in [0.5, 0.6) is 11.5 Å². The zero-order valence-electron chi connectivity index (χ0n) is 13.0. The summed E-state index contributed by atoms with van der Waals surface area (Å²) in [5, 5.41) is 10.1. The predicted molar refractivity (Wildman–Crippen MR) is 87.8 cm³/mol. The van der Waals surface area contributed by atoms with E-state index in [0.717, 1.165) is 24.2 Å². The maximum atomic E-state index is 12.2. The molecule has 8 heteroatoms. The molecule has 2 N–H and O–H groups in total. The summed E-state index contributed by atoms with van der Waals surface area (Å²) in [6, 6.07) is 3.49. The highest BCUT2D eigenvalue weighted by Crippen LogP contribution is 2.38. The fourth-order valence-corrected chi connectivity index (χ4v) is 3.10. The van der Waals surface area contributed by atoms with Gasteiger partial charge < -0.3 is 9.47 Å². The number of aromatic nitrogens is 3. The summed E-state index contributed by atoms with van der Waals surface area (Å²) in [6.07, 6.45) is 3.62. The van der Waals surface area contributed by atoms with Crippen molar-refractivity contribution in [3.8, 4) is 11.5 Å². The van der Waals surface area contributed by atoms with Crippen molar-refractivity contribution < 1.29 is 14.3 Å². The number of carbonyl (C=O) groups excluding carboxylic acids is 1. The fourth-order valence-electron chi connectivity index (χ4n) is 2.82. The van der Waals surface area contributed by atoms with Crippen LogP contribution in [0.3, 0.4) is 0 Å². The predicted octanol–water partition coefficient (Wildman–Crippen LogP) is 2.68. The maximum Gasteiger partial charge on any atom is 0.248 e. The van der Waals surface area contributed by atoms with Crippen molar-refractivity contribution in [1.29, 1.82) is 0 Å². The number of amides is 1. The fraction of sp³-hybridized carbons (Fsp3) is 0.438. The molecule has 4 rings (SSSR count). The molecular formula is C16H17ClN4O3. The SMILES string of the molecule is O=C(Cc1cc(Cl)c2c(c1)OCCO2)Nc1n[nH]c(C2CCC2)n1. The third kappa shape index (κ3) is 3.03. The number of ether oxygens (including phenoxy) is 2. The summed E-state index contributed by atoms with van der Waals surface area (Å²) in [5.74, 6) is 2.50. The number of H-pyrrole nitrogens is 1. The Morgan fingerprint density at radius 3 is 2.96 bits per heavy atom. The van der Waals surface area contributed by atoms with Crippen molar-refractivity contribution in [1.82, 2.24) is 15.2 Å². The Morgan fingerprint density at radius 1 is 1.33 bits per heavy atom. The first kappa shape index (κ1) is 15.3. The van der Waals surface area contributed by atoms with Crippen LogP contribution in [-0.2, 0) is 11.2 Å². The Kier molecular flexibility index (Phi) is 4.02. The average molecular weight is 349 g/mol. The molecule has 2 aliphatic rings. The van der Waals surface area contributed by atoms with E-state index in [1.54, 1.807) is 12.1 Å². The molecule has 2 aromatic rings. The second kappa shape index (κ2) is 6.32. The van der Waals surface area contributed by atoms with E-state index in [4.69, 9.17) is 21.1 Å². The van der Waals surface area contributed by atoms with Crippen LogP contribution in [0.4, 0.5) is 5.95 Å². The van der Waals surface area contributed by atoms with Gasteiger partial charge in [-0.05, 0) is 30.5 Å². The van der Waals surface area contributed by atoms with E-state index in [1.807, 2.05) is 0 Å². The van der Waals surface area contributed by atoms with E-state index in [0.29, 0.717) is 41.6 Å². The van der Waals surface area contributed by atoms with Crippen LogP contribution in [0.2, 0.25) is 5.02 Å². The van der Waals surface area contributed by atoms with E-state index in [-0.39, 0.29) is 12.3 Å². The molecule has 1 aromatic carbocycles. The Morgan fingerprint density at radius 2 is 2.17 bits per heavy atom. The molecule has 24 heavy (non-hydrogen) atoms. The largest absolute Gasteiger partial charge is 0.486 e. The minimum absolute atomic E-state index is 0.156. The lowest BCUT2D eigenvalue weighted by molar-refractivity contribution is -0.115. The van der Waals surface area contributed by atoms with Crippen molar-refractivity contribution in [3.63, 3.8) is 0 Å². The molecule has 0 atom stereocenters. The molecule has 0 spiro atoms. The van der Waals surface area contributed by atoms with Crippen LogP contribution in [0, 0.1) is 0 Å². The lowest BCUT2D eigenvalue weighted by atomic mass is 9.85. The van der Waals surface area contributed by atoms with E-state index in [2.05, 4.69) is 20.5 Å². The molecule has 0 bridgehead atoms. The van der Waals surface area contributed by atoms with Crippen molar-refractivity contribution in [2.45, 2.75) is 31.6 Å². The van der Waals surface area contributed by atoms with Gasteiger partial charge in [0, 0.05) is 5.92 Å². The van der Waals surface area contributed by atoms with E-state index in [9.17, 15) is 4.79 Å². The summed E-state index contributed by atoms with van der Waals surface area (Å²) < 4.78 is 11.0. The van der Waals surface area contributed by atoms with E-state index in [1.165, 1.54) is 6.42 Å². The molecule has 7 nitrogen and oxygen atoms in total. The summed E-state index contributed by atoms with van der Waals surface area (Å²) in [7, 11) is 0. The summed E-state index contributed by atoms with van der Waals surface area (Å²) in [5.41, 5.74) is 0.747. The van der Waals surface area contributed by atoms with Crippen molar-refractivity contribution in [2.75, 3.05) is 18.5 Å². The number of rotatable bonds is 4. The zero-order chi connectivity index (χ0) is 16.5. The molecule has 1 aromatic heterocycles. The number of hydrogen-bond acceptors (Lipinski definition) is 5. The summed E-state index contributed by atoms with van der Waals surface area (Å²) in [6.45, 7) is 0.945. The number of nitrogens with one attached hydrogen (secondary N) is 2. The number of hydrogen-bond donors (Lipinski definition) is 2. The Hall–Kier alpha value is -2.28. The number of halogens is 1. The van der Waals surface area contributed by atoms with Crippen LogP contribution in [-0.4, -0.2) is 34.3 Å². The minimum atomic E-state index is -0.207. The standard InChI is InChI=1S/C16H17ClN4O3/c17-11-6-9(7-12-14(11)24-5-4-23-12)8-13(22)18-16-19-15(20-21-16)10-2-1-3-10/h6-7,10H,1-5,8H2,(H2,18,19,20,21,22). The Labute approximate surface area is 143 Å². The van der Waals surface area contributed by atoms with Crippen LogP contribution < -0.4 is 14.8 Å². The molecule has 1 aliphatic heterocycles. The maximum absolute atomic E-state index is 12.2. The summed E-state index contributed by atoms with van der Waals surface area (Å²) >= 11 is 6.19. The van der Waals surface area contributed by atoms with Gasteiger partial charge in [-0.2, -0.15) is 4.98 Å². The monoisotopic (exact) mass is 348 g/mol. The number of fused-ring (bicyclic) bond motifs is 1. The molecule has 0 unspecified atom stereocenters. The molecular weight excluding hydrogens is 332 g/mol. The number of aromatic amines is 1. The molecule has 0 saturated heterocycles. The normalized spacial score (nSPS) is 16.5.